The zero-order valence-electron chi connectivity index (χ0n) is 48.2. The Morgan fingerprint density at radius 2 is 0.831 bits per heavy atom. The lowest BCUT2D eigenvalue weighted by Gasteiger charge is -2.40. The van der Waals surface area contributed by atoms with Crippen LogP contribution in [0.15, 0.2) is 97.2 Å². The second-order valence-electron chi connectivity index (χ2n) is 20.2. The summed E-state index contributed by atoms with van der Waals surface area (Å²) < 4.78 is 28.4. The van der Waals surface area contributed by atoms with Gasteiger partial charge in [-0.2, -0.15) is 0 Å². The third kappa shape index (κ3) is 42.3. The lowest BCUT2D eigenvalue weighted by atomic mass is 9.98. The van der Waals surface area contributed by atoms with Crippen LogP contribution in [-0.2, 0) is 42.9 Å². The van der Waals surface area contributed by atoms with Gasteiger partial charge in [0.15, 0.2) is 24.6 Å². The first-order valence-corrected chi connectivity index (χ1v) is 30.2. The Morgan fingerprint density at radius 1 is 0.442 bits per heavy atom. The van der Waals surface area contributed by atoms with Gasteiger partial charge in [0.25, 0.3) is 0 Å². The van der Waals surface area contributed by atoms with Crippen molar-refractivity contribution in [1.82, 2.24) is 0 Å². The lowest BCUT2D eigenvalue weighted by Crippen LogP contribution is -2.61. The topological polar surface area (TPSA) is 175 Å². The van der Waals surface area contributed by atoms with Gasteiger partial charge in [-0.05, 0) is 116 Å². The van der Waals surface area contributed by atoms with Crippen molar-refractivity contribution in [2.24, 2.45) is 0 Å². The zero-order chi connectivity index (χ0) is 56.1. The van der Waals surface area contributed by atoms with Gasteiger partial charge in [-0.25, -0.2) is 4.79 Å². The second-order valence-corrected chi connectivity index (χ2v) is 20.2. The number of carbonyl (C=O) groups excluding carboxylic acids is 3. The maximum Gasteiger partial charge on any atom is 0.335 e. The third-order valence-electron chi connectivity index (χ3n) is 13.1. The number of allylic oxidation sites excluding steroid dienone is 16. The molecule has 0 bridgehead atoms. The lowest BCUT2D eigenvalue weighted by molar-refractivity contribution is -0.301. The van der Waals surface area contributed by atoms with Crippen LogP contribution in [0.5, 0.6) is 0 Å². The summed E-state index contributed by atoms with van der Waals surface area (Å²) in [4.78, 5) is 51.1. The molecule has 12 nitrogen and oxygen atoms in total. The molecule has 77 heavy (non-hydrogen) atoms. The molecule has 0 saturated carbocycles. The molecule has 0 spiro atoms. The van der Waals surface area contributed by atoms with E-state index in [4.69, 9.17) is 23.7 Å². The summed E-state index contributed by atoms with van der Waals surface area (Å²) in [7, 11) is 0. The number of carboxylic acid groups (broad SMARTS) is 1. The standard InChI is InChI=1S/C65H106O12/c1-4-7-10-13-16-19-22-25-28-29-32-33-36-39-42-45-48-51-57(66)73-54-56(75-58(67)52-49-46-43-40-37-34-30-26-23-20-17-14-11-8-5-2)55-74-65-63(61(70)60(69)62(77-65)64(71)72)76-59(68)53-50-47-44-41-38-35-31-27-24-21-18-15-12-9-6-3/h7,10,16-17,19-20,25-28,30-33,39,42,56,60-63,65,69-70H,4-6,8-9,11-15,18,21-24,29,34-38,40-41,43-55H2,1-3H3,(H,71,72)/b10-7-,19-16-,20-17-,28-25-,30-26-,31-27-,33-32-,42-39-. The summed E-state index contributed by atoms with van der Waals surface area (Å²) >= 11 is 0. The normalized spacial score (nSPS) is 18.7. The SMILES string of the molecule is CC/C=C\C/C=C\C/C=C\C/C=C\C/C=C\CCCC(=O)OCC(COC1OC(C(=O)O)C(O)C(O)C1OC(=O)CCCCCCC/C=C\CCCCCCCC)OC(=O)CCCCCCC/C=C\C/C=C\CCCCC. The number of esters is 3. The maximum absolute atomic E-state index is 13.1. The molecule has 0 radical (unpaired) electrons. The van der Waals surface area contributed by atoms with Gasteiger partial charge in [-0.1, -0.05) is 201 Å². The average Bonchev–Trinajstić information content (AvgIpc) is 3.42. The molecule has 12 heteroatoms. The van der Waals surface area contributed by atoms with Gasteiger partial charge in [0.05, 0.1) is 6.61 Å². The smallest absolute Gasteiger partial charge is 0.335 e. The van der Waals surface area contributed by atoms with E-state index in [1.165, 1.54) is 57.8 Å². The molecular formula is C65H106O12. The van der Waals surface area contributed by atoms with Crippen molar-refractivity contribution in [3.05, 3.63) is 97.2 Å². The molecular weight excluding hydrogens is 973 g/mol. The van der Waals surface area contributed by atoms with E-state index in [2.05, 4.69) is 112 Å². The van der Waals surface area contributed by atoms with E-state index in [0.717, 1.165) is 116 Å². The van der Waals surface area contributed by atoms with Crippen LogP contribution in [0.25, 0.3) is 0 Å². The molecule has 1 rings (SSSR count). The van der Waals surface area contributed by atoms with Gasteiger partial charge in [0.1, 0.15) is 18.8 Å². The molecule has 1 aliphatic rings. The van der Waals surface area contributed by atoms with Crippen molar-refractivity contribution in [3.8, 4) is 0 Å². The minimum absolute atomic E-state index is 0.0397. The summed E-state index contributed by atoms with van der Waals surface area (Å²) in [6, 6.07) is 0. The van der Waals surface area contributed by atoms with Gasteiger partial charge >= 0.3 is 23.9 Å². The van der Waals surface area contributed by atoms with E-state index < -0.39 is 67.3 Å². The number of unbranched alkanes of at least 4 members (excludes halogenated alkanes) is 20. The van der Waals surface area contributed by atoms with Crippen LogP contribution in [-0.4, -0.2) is 89.2 Å². The van der Waals surface area contributed by atoms with E-state index >= 15 is 0 Å². The molecule has 0 aromatic heterocycles. The highest BCUT2D eigenvalue weighted by atomic mass is 16.7. The van der Waals surface area contributed by atoms with Crippen LogP contribution in [0.3, 0.4) is 0 Å². The van der Waals surface area contributed by atoms with Crippen molar-refractivity contribution in [2.75, 3.05) is 13.2 Å². The van der Waals surface area contributed by atoms with Crippen molar-refractivity contribution in [3.63, 3.8) is 0 Å². The van der Waals surface area contributed by atoms with Crippen LogP contribution < -0.4 is 0 Å². The first-order valence-electron chi connectivity index (χ1n) is 30.2. The van der Waals surface area contributed by atoms with Crippen molar-refractivity contribution >= 4 is 23.9 Å². The quantitative estimate of drug-likeness (QED) is 0.0228. The molecule has 1 heterocycles. The molecule has 0 aliphatic carbocycles. The number of aliphatic carboxylic acids is 1. The Kier molecular flexibility index (Phi) is 48.0. The molecule has 6 unspecified atom stereocenters. The molecule has 438 valence electrons. The Morgan fingerprint density at radius 3 is 1.32 bits per heavy atom. The van der Waals surface area contributed by atoms with Crippen molar-refractivity contribution in [2.45, 2.75) is 276 Å². The van der Waals surface area contributed by atoms with E-state index in [1.54, 1.807) is 0 Å². The van der Waals surface area contributed by atoms with Gasteiger partial charge < -0.3 is 39.0 Å². The fraction of sp³-hybridized carbons (Fsp3) is 0.692. The Bertz CT molecular complexity index is 1710. The largest absolute Gasteiger partial charge is 0.479 e. The minimum atomic E-state index is -1.92. The number of hydrogen-bond acceptors (Lipinski definition) is 11. The molecule has 1 saturated heterocycles. The van der Waals surface area contributed by atoms with E-state index in [0.29, 0.717) is 25.7 Å². The second kappa shape index (κ2) is 52.3. The third-order valence-corrected chi connectivity index (χ3v) is 13.1. The maximum atomic E-state index is 13.1. The highest BCUT2D eigenvalue weighted by Gasteiger charge is 2.50. The molecule has 6 atom stereocenters. The number of aliphatic hydroxyl groups is 2. The minimum Gasteiger partial charge on any atom is -0.479 e. The monoisotopic (exact) mass is 1080 g/mol. The average molecular weight is 1080 g/mol. The van der Waals surface area contributed by atoms with E-state index in [-0.39, 0.29) is 25.9 Å². The fourth-order valence-corrected chi connectivity index (χ4v) is 8.49. The van der Waals surface area contributed by atoms with Crippen molar-refractivity contribution in [1.29, 1.82) is 0 Å². The highest BCUT2D eigenvalue weighted by molar-refractivity contribution is 5.74. The van der Waals surface area contributed by atoms with Gasteiger partial charge in [-0.3, -0.25) is 14.4 Å². The van der Waals surface area contributed by atoms with Crippen LogP contribution in [0, 0.1) is 0 Å². The molecule has 0 aromatic rings. The van der Waals surface area contributed by atoms with Crippen LogP contribution >= 0.6 is 0 Å². The molecule has 1 fully saturated rings. The summed E-state index contributed by atoms with van der Waals surface area (Å²) in [6.45, 7) is 5.78. The van der Waals surface area contributed by atoms with Crippen LogP contribution in [0.2, 0.25) is 0 Å². The summed E-state index contributed by atoms with van der Waals surface area (Å²) in [5, 5.41) is 31.5. The fourth-order valence-electron chi connectivity index (χ4n) is 8.49. The first-order chi connectivity index (χ1) is 37.6. The number of ether oxygens (including phenoxy) is 5. The summed E-state index contributed by atoms with van der Waals surface area (Å²) in [5.74, 6) is -3.23. The number of hydrogen-bond donors (Lipinski definition) is 3. The predicted octanol–water partition coefficient (Wildman–Crippen LogP) is 15.7. The molecule has 0 aromatic carbocycles. The highest BCUT2D eigenvalue weighted by Crippen LogP contribution is 2.26. The number of aliphatic hydroxyl groups excluding tert-OH is 2. The Hall–Kier alpha value is -4.36. The van der Waals surface area contributed by atoms with Crippen LogP contribution in [0.1, 0.15) is 239 Å². The van der Waals surface area contributed by atoms with Crippen molar-refractivity contribution < 1.29 is 58.2 Å². The van der Waals surface area contributed by atoms with Crippen LogP contribution in [0.4, 0.5) is 0 Å². The number of carbonyl (C=O) groups is 4. The summed E-state index contributed by atoms with van der Waals surface area (Å²) in [6.07, 6.45) is 56.6. The Labute approximate surface area is 466 Å². The predicted molar refractivity (Wildman–Crippen MR) is 312 cm³/mol. The zero-order valence-corrected chi connectivity index (χ0v) is 48.2. The van der Waals surface area contributed by atoms with Gasteiger partial charge in [-0.15, -0.1) is 0 Å². The molecule has 1 aliphatic heterocycles. The van der Waals surface area contributed by atoms with Gasteiger partial charge in [0, 0.05) is 19.3 Å². The van der Waals surface area contributed by atoms with E-state index in [1.807, 2.05) is 6.08 Å². The number of carboxylic acids is 1. The molecule has 3 N–H and O–H groups in total. The Balaban J connectivity index is 2.75. The first kappa shape index (κ1) is 70.7. The van der Waals surface area contributed by atoms with E-state index in [9.17, 15) is 34.5 Å². The summed E-state index contributed by atoms with van der Waals surface area (Å²) in [5.41, 5.74) is 0. The van der Waals surface area contributed by atoms with Gasteiger partial charge in [0.2, 0.25) is 0 Å². The number of rotatable bonds is 50. The molecule has 0 amide bonds.